The van der Waals surface area contributed by atoms with Crippen LogP contribution in [0.5, 0.6) is 0 Å². The van der Waals surface area contributed by atoms with E-state index in [1.807, 2.05) is 0 Å². The third-order valence-electron chi connectivity index (χ3n) is 3.36. The Kier molecular flexibility index (Phi) is 4.11. The zero-order valence-electron chi connectivity index (χ0n) is 11.5. The second-order valence-corrected chi connectivity index (χ2v) is 5.11. The predicted octanol–water partition coefficient (Wildman–Crippen LogP) is 4.57. The largest absolute Gasteiger partial charge is 0.391 e. The third-order valence-corrected chi connectivity index (χ3v) is 3.68. The fourth-order valence-corrected chi connectivity index (χ4v) is 2.46. The van der Waals surface area contributed by atoms with Gasteiger partial charge >= 0.3 is 0 Å². The monoisotopic (exact) mass is 339 g/mol. The van der Waals surface area contributed by atoms with Crippen molar-refractivity contribution in [2.24, 2.45) is 0 Å². The molecule has 3 nitrogen and oxygen atoms in total. The van der Waals surface area contributed by atoms with Crippen LogP contribution in [-0.4, -0.2) is 10.3 Å². The number of halogens is 4. The highest BCUT2D eigenvalue weighted by molar-refractivity contribution is 6.33. The Morgan fingerprint density at radius 3 is 2.43 bits per heavy atom. The summed E-state index contributed by atoms with van der Waals surface area (Å²) in [5, 5.41) is 13.7. The third kappa shape index (κ3) is 2.60. The normalized spacial score (nSPS) is 11.0. The fourth-order valence-electron chi connectivity index (χ4n) is 2.23. The van der Waals surface area contributed by atoms with E-state index in [0.717, 1.165) is 12.1 Å². The van der Waals surface area contributed by atoms with Crippen LogP contribution in [0.15, 0.2) is 40.9 Å². The number of nitrogens with zero attached hydrogens (tertiary/aromatic N) is 1. The maximum absolute atomic E-state index is 13.9. The molecule has 23 heavy (non-hydrogen) atoms. The van der Waals surface area contributed by atoms with Crippen molar-refractivity contribution < 1.29 is 22.8 Å². The Labute approximate surface area is 133 Å². The number of aliphatic hydroxyl groups is 1. The van der Waals surface area contributed by atoms with Gasteiger partial charge in [0.05, 0.1) is 22.8 Å². The minimum absolute atomic E-state index is 0.128. The molecule has 2 aromatic carbocycles. The molecular weight excluding hydrogens is 331 g/mol. The highest BCUT2D eigenvalue weighted by Gasteiger charge is 2.24. The number of aliphatic hydroxyl groups excluding tert-OH is 1. The van der Waals surface area contributed by atoms with E-state index >= 15 is 0 Å². The van der Waals surface area contributed by atoms with Crippen LogP contribution < -0.4 is 0 Å². The Morgan fingerprint density at radius 1 is 1.00 bits per heavy atom. The van der Waals surface area contributed by atoms with E-state index in [-0.39, 0.29) is 22.6 Å². The molecule has 3 aromatic rings. The first kappa shape index (κ1) is 15.6. The van der Waals surface area contributed by atoms with Gasteiger partial charge in [-0.3, -0.25) is 0 Å². The van der Waals surface area contributed by atoms with E-state index < -0.39 is 24.1 Å². The van der Waals surface area contributed by atoms with E-state index in [1.165, 1.54) is 0 Å². The molecule has 0 saturated heterocycles. The predicted molar refractivity (Wildman–Crippen MR) is 78.2 cm³/mol. The smallest absolute Gasteiger partial charge is 0.195 e. The Morgan fingerprint density at radius 2 is 1.74 bits per heavy atom. The van der Waals surface area contributed by atoms with Gasteiger partial charge in [0.2, 0.25) is 0 Å². The molecule has 0 amide bonds. The minimum atomic E-state index is -1.62. The maximum atomic E-state index is 13.9. The summed E-state index contributed by atoms with van der Waals surface area (Å²) in [4.78, 5) is 0. The van der Waals surface area contributed by atoms with Crippen molar-refractivity contribution >= 4 is 11.6 Å². The highest BCUT2D eigenvalue weighted by Crippen LogP contribution is 2.36. The number of rotatable bonds is 3. The van der Waals surface area contributed by atoms with Gasteiger partial charge in [-0.1, -0.05) is 35.0 Å². The molecule has 0 radical (unpaired) electrons. The lowest BCUT2D eigenvalue weighted by molar-refractivity contribution is 0.281. The molecule has 0 aliphatic carbocycles. The SMILES string of the molecule is OCc1c(-c2ccccc2Cl)noc1-c1ccc(F)c(F)c1F. The Balaban J connectivity index is 2.21. The van der Waals surface area contributed by atoms with Crippen molar-refractivity contribution in [1.29, 1.82) is 0 Å². The average molecular weight is 340 g/mol. The Bertz CT molecular complexity index is 880. The summed E-state index contributed by atoms with van der Waals surface area (Å²) in [5.74, 6) is -4.54. The van der Waals surface area contributed by atoms with Crippen molar-refractivity contribution in [1.82, 2.24) is 5.16 Å². The summed E-state index contributed by atoms with van der Waals surface area (Å²) in [6.07, 6.45) is 0. The van der Waals surface area contributed by atoms with Gasteiger partial charge in [0.15, 0.2) is 23.2 Å². The lowest BCUT2D eigenvalue weighted by Gasteiger charge is -2.04. The van der Waals surface area contributed by atoms with Crippen molar-refractivity contribution in [3.05, 3.63) is 64.4 Å². The molecule has 0 fully saturated rings. The van der Waals surface area contributed by atoms with Gasteiger partial charge in [-0.25, -0.2) is 13.2 Å². The van der Waals surface area contributed by atoms with Crippen LogP contribution in [0.2, 0.25) is 5.02 Å². The molecule has 0 bridgehead atoms. The second-order valence-electron chi connectivity index (χ2n) is 4.70. The molecule has 0 saturated carbocycles. The van der Waals surface area contributed by atoms with Crippen LogP contribution in [0.4, 0.5) is 13.2 Å². The molecular formula is C16H9ClF3NO2. The quantitative estimate of drug-likeness (QED) is 0.711. The lowest BCUT2D eigenvalue weighted by Crippen LogP contribution is -1.96. The van der Waals surface area contributed by atoms with Gasteiger partial charge in [0.1, 0.15) is 5.69 Å². The summed E-state index contributed by atoms with van der Waals surface area (Å²) in [6, 6.07) is 8.46. The summed E-state index contributed by atoms with van der Waals surface area (Å²) in [7, 11) is 0. The van der Waals surface area contributed by atoms with Crippen LogP contribution >= 0.6 is 11.6 Å². The van der Waals surface area contributed by atoms with Gasteiger partial charge in [0, 0.05) is 5.56 Å². The maximum Gasteiger partial charge on any atom is 0.195 e. The summed E-state index contributed by atoms with van der Waals surface area (Å²) in [6.45, 7) is -0.544. The van der Waals surface area contributed by atoms with E-state index in [1.54, 1.807) is 24.3 Å². The first-order valence-electron chi connectivity index (χ1n) is 6.52. The molecule has 3 rings (SSSR count). The number of hydrogen-bond donors (Lipinski definition) is 1. The number of benzene rings is 2. The molecule has 1 N–H and O–H groups in total. The fraction of sp³-hybridized carbons (Fsp3) is 0.0625. The van der Waals surface area contributed by atoms with E-state index in [4.69, 9.17) is 16.1 Å². The summed E-state index contributed by atoms with van der Waals surface area (Å²) >= 11 is 6.07. The van der Waals surface area contributed by atoms with E-state index in [0.29, 0.717) is 10.6 Å². The van der Waals surface area contributed by atoms with Gasteiger partial charge in [-0.05, 0) is 18.2 Å². The van der Waals surface area contributed by atoms with Gasteiger partial charge in [-0.2, -0.15) is 0 Å². The molecule has 0 atom stereocenters. The first-order chi connectivity index (χ1) is 11.0. The molecule has 1 heterocycles. The van der Waals surface area contributed by atoms with E-state index in [9.17, 15) is 18.3 Å². The molecule has 1 aromatic heterocycles. The average Bonchev–Trinajstić information content (AvgIpc) is 2.96. The van der Waals surface area contributed by atoms with Gasteiger partial charge in [0.25, 0.3) is 0 Å². The zero-order valence-corrected chi connectivity index (χ0v) is 12.2. The molecule has 7 heteroatoms. The molecule has 0 unspecified atom stereocenters. The van der Waals surface area contributed by atoms with Crippen LogP contribution in [-0.2, 0) is 6.61 Å². The van der Waals surface area contributed by atoms with Crippen LogP contribution in [0.1, 0.15) is 5.56 Å². The lowest BCUT2D eigenvalue weighted by atomic mass is 10.0. The zero-order chi connectivity index (χ0) is 16.6. The second kappa shape index (κ2) is 6.06. The topological polar surface area (TPSA) is 46.3 Å². The van der Waals surface area contributed by atoms with Crippen LogP contribution in [0.3, 0.4) is 0 Å². The van der Waals surface area contributed by atoms with Crippen molar-refractivity contribution in [3.63, 3.8) is 0 Å². The molecule has 0 aliphatic heterocycles. The number of aromatic nitrogens is 1. The van der Waals surface area contributed by atoms with Crippen LogP contribution in [0, 0.1) is 17.5 Å². The molecule has 0 spiro atoms. The molecule has 0 aliphatic rings. The van der Waals surface area contributed by atoms with Crippen molar-refractivity contribution in [3.8, 4) is 22.6 Å². The number of hydrogen-bond acceptors (Lipinski definition) is 3. The first-order valence-corrected chi connectivity index (χ1v) is 6.90. The van der Waals surface area contributed by atoms with Crippen molar-refractivity contribution in [2.75, 3.05) is 0 Å². The molecule has 118 valence electrons. The van der Waals surface area contributed by atoms with E-state index in [2.05, 4.69) is 5.16 Å². The van der Waals surface area contributed by atoms with Gasteiger partial charge in [-0.15, -0.1) is 0 Å². The standard InChI is InChI=1S/C16H9ClF3NO2/c17-11-4-2-1-3-8(11)15-10(7-22)16(23-21-15)9-5-6-12(18)14(20)13(9)19/h1-6,22H,7H2. The summed E-state index contributed by atoms with van der Waals surface area (Å²) in [5.41, 5.74) is 0.468. The van der Waals surface area contributed by atoms with Crippen LogP contribution in [0.25, 0.3) is 22.6 Å². The Hall–Kier alpha value is -2.31. The van der Waals surface area contributed by atoms with Gasteiger partial charge < -0.3 is 9.63 Å². The van der Waals surface area contributed by atoms with Crippen molar-refractivity contribution in [2.45, 2.75) is 6.61 Å². The minimum Gasteiger partial charge on any atom is -0.391 e. The summed E-state index contributed by atoms with van der Waals surface area (Å²) < 4.78 is 45.5. The highest BCUT2D eigenvalue weighted by atomic mass is 35.5.